The monoisotopic (exact) mass is 395 g/mol. The number of nitrogens with zero attached hydrogens (tertiary/aromatic N) is 3. The molecule has 4 aromatic rings. The summed E-state index contributed by atoms with van der Waals surface area (Å²) in [4.78, 5) is 32.9. The molecule has 0 aliphatic rings. The van der Waals surface area contributed by atoms with Crippen LogP contribution >= 0.6 is 18.9 Å². The van der Waals surface area contributed by atoms with Crippen molar-refractivity contribution < 1.29 is 14.4 Å². The van der Waals surface area contributed by atoms with Gasteiger partial charge in [0.2, 0.25) is 0 Å². The van der Waals surface area contributed by atoms with E-state index in [0.717, 1.165) is 21.8 Å². The largest absolute Gasteiger partial charge is 0.366 e. The molecule has 0 saturated carbocycles. The Morgan fingerprint density at radius 3 is 1.81 bits per heavy atom. The average Bonchev–Trinajstić information content (AvgIpc) is 3.20. The van der Waals surface area contributed by atoms with E-state index in [4.69, 9.17) is 0 Å². The molecule has 0 radical (unpaired) electrons. The van der Waals surface area contributed by atoms with E-state index in [1.165, 1.54) is 6.07 Å². The molecule has 0 fully saturated rings. The SMILES string of the molecule is O=P(O)(O)c1ccc(-c2cc(-c3ccccn3)nc(-c3ccccn3)c2)s1. The van der Waals surface area contributed by atoms with Gasteiger partial charge in [-0.3, -0.25) is 14.5 Å². The van der Waals surface area contributed by atoms with Crippen LogP contribution in [0.5, 0.6) is 0 Å². The van der Waals surface area contributed by atoms with Crippen LogP contribution < -0.4 is 4.62 Å². The molecule has 0 aliphatic carbocycles. The lowest BCUT2D eigenvalue weighted by atomic mass is 10.1. The standard InChI is InChI=1S/C19H14N3O3PS/c23-26(24,25)19-8-7-18(27-19)13-11-16(14-5-1-3-9-20-14)22-17(12-13)15-6-2-4-10-21-15/h1-12H,(H2,23,24,25). The third kappa shape index (κ3) is 3.86. The van der Waals surface area contributed by atoms with Crippen molar-refractivity contribution in [1.29, 1.82) is 0 Å². The van der Waals surface area contributed by atoms with E-state index in [1.807, 2.05) is 48.5 Å². The van der Waals surface area contributed by atoms with Gasteiger partial charge >= 0.3 is 7.60 Å². The first-order valence-corrected chi connectivity index (χ1v) is 10.4. The fraction of sp³-hybridized carbons (Fsp3) is 0. The average molecular weight is 395 g/mol. The molecule has 0 unspecified atom stereocenters. The Balaban J connectivity index is 1.88. The van der Waals surface area contributed by atoms with E-state index >= 15 is 0 Å². The van der Waals surface area contributed by atoms with E-state index in [-0.39, 0.29) is 4.62 Å². The molecular formula is C19H14N3O3PS. The van der Waals surface area contributed by atoms with Crippen LogP contribution in [0.3, 0.4) is 0 Å². The predicted octanol–water partition coefficient (Wildman–Crippen LogP) is 3.74. The molecule has 0 atom stereocenters. The van der Waals surface area contributed by atoms with Crippen LogP contribution in [-0.4, -0.2) is 24.7 Å². The number of rotatable bonds is 4. The van der Waals surface area contributed by atoms with Crippen LogP contribution in [0.4, 0.5) is 0 Å². The van der Waals surface area contributed by atoms with Crippen molar-refractivity contribution >= 4 is 23.6 Å². The second-order valence-electron chi connectivity index (χ2n) is 5.74. The molecule has 0 saturated heterocycles. The Morgan fingerprint density at radius 2 is 1.37 bits per heavy atom. The van der Waals surface area contributed by atoms with Gasteiger partial charge in [0.05, 0.1) is 22.8 Å². The predicted molar refractivity (Wildman–Crippen MR) is 106 cm³/mol. The van der Waals surface area contributed by atoms with Crippen molar-refractivity contribution in [2.45, 2.75) is 0 Å². The van der Waals surface area contributed by atoms with Crippen LogP contribution in [0.25, 0.3) is 33.2 Å². The number of pyridine rings is 3. The summed E-state index contributed by atoms with van der Waals surface area (Å²) < 4.78 is 11.6. The van der Waals surface area contributed by atoms with E-state index in [1.54, 1.807) is 18.5 Å². The summed E-state index contributed by atoms with van der Waals surface area (Å²) >= 11 is 1.07. The van der Waals surface area contributed by atoms with E-state index in [9.17, 15) is 14.4 Å². The van der Waals surface area contributed by atoms with Gasteiger partial charge in [-0.25, -0.2) is 4.98 Å². The zero-order chi connectivity index (χ0) is 18.9. The summed E-state index contributed by atoms with van der Waals surface area (Å²) in [6.07, 6.45) is 3.39. The molecule has 6 nitrogen and oxygen atoms in total. The highest BCUT2D eigenvalue weighted by Crippen LogP contribution is 2.39. The zero-order valence-corrected chi connectivity index (χ0v) is 15.6. The minimum absolute atomic E-state index is 0.0353. The fourth-order valence-electron chi connectivity index (χ4n) is 2.60. The topological polar surface area (TPSA) is 96.2 Å². The molecule has 8 heteroatoms. The molecule has 0 aromatic carbocycles. The van der Waals surface area contributed by atoms with Crippen molar-refractivity contribution in [3.63, 3.8) is 0 Å². The summed E-state index contributed by atoms with van der Waals surface area (Å²) in [5, 5.41) is 0. The minimum atomic E-state index is -4.28. The van der Waals surface area contributed by atoms with Crippen molar-refractivity contribution in [3.05, 3.63) is 73.1 Å². The lowest BCUT2D eigenvalue weighted by molar-refractivity contribution is 0.388. The number of hydrogen-bond donors (Lipinski definition) is 2. The molecular weight excluding hydrogens is 381 g/mol. The lowest BCUT2D eigenvalue weighted by Crippen LogP contribution is -1.95. The van der Waals surface area contributed by atoms with E-state index in [2.05, 4.69) is 15.0 Å². The molecule has 0 amide bonds. The van der Waals surface area contributed by atoms with Crippen molar-refractivity contribution in [3.8, 4) is 33.2 Å². The van der Waals surface area contributed by atoms with Gasteiger partial charge in [0.15, 0.2) is 0 Å². The van der Waals surface area contributed by atoms with Gasteiger partial charge in [-0.15, -0.1) is 11.3 Å². The van der Waals surface area contributed by atoms with Crippen LogP contribution in [0.1, 0.15) is 0 Å². The smallest absolute Gasteiger partial charge is 0.320 e. The van der Waals surface area contributed by atoms with Gasteiger partial charge in [-0.05, 0) is 54.1 Å². The third-order valence-electron chi connectivity index (χ3n) is 3.84. The maximum Gasteiger partial charge on any atom is 0.366 e. The Labute approximate surface area is 159 Å². The highest BCUT2D eigenvalue weighted by molar-refractivity contribution is 7.67. The molecule has 134 valence electrons. The Hall–Kier alpha value is -2.70. The molecule has 0 bridgehead atoms. The highest BCUT2D eigenvalue weighted by atomic mass is 32.1. The first-order valence-electron chi connectivity index (χ1n) is 8.02. The number of aromatic nitrogens is 3. The first-order chi connectivity index (χ1) is 13.0. The molecule has 4 rings (SSSR count). The molecule has 0 spiro atoms. The minimum Gasteiger partial charge on any atom is -0.320 e. The van der Waals surface area contributed by atoms with Gasteiger partial charge in [0.1, 0.15) is 4.62 Å². The summed E-state index contributed by atoms with van der Waals surface area (Å²) in [6.45, 7) is 0. The van der Waals surface area contributed by atoms with Crippen molar-refractivity contribution in [2.75, 3.05) is 0 Å². The Kier molecular flexibility index (Phi) is 4.68. The summed E-state index contributed by atoms with van der Waals surface area (Å²) in [5.41, 5.74) is 3.56. The van der Waals surface area contributed by atoms with Gasteiger partial charge in [-0.2, -0.15) is 0 Å². The lowest BCUT2D eigenvalue weighted by Gasteiger charge is -2.08. The molecule has 27 heavy (non-hydrogen) atoms. The van der Waals surface area contributed by atoms with E-state index < -0.39 is 7.60 Å². The molecule has 0 aliphatic heterocycles. The van der Waals surface area contributed by atoms with E-state index in [0.29, 0.717) is 22.8 Å². The van der Waals surface area contributed by atoms with Crippen LogP contribution in [0, 0.1) is 0 Å². The third-order valence-corrected chi connectivity index (χ3v) is 6.49. The quantitative estimate of drug-likeness (QED) is 0.511. The fourth-order valence-corrected chi connectivity index (χ4v) is 4.38. The first kappa shape index (κ1) is 17.7. The number of hydrogen-bond acceptors (Lipinski definition) is 5. The highest BCUT2D eigenvalue weighted by Gasteiger charge is 2.20. The summed E-state index contributed by atoms with van der Waals surface area (Å²) in [7, 11) is -4.28. The van der Waals surface area contributed by atoms with Crippen LogP contribution in [-0.2, 0) is 4.57 Å². The second kappa shape index (κ2) is 7.13. The molecule has 4 aromatic heterocycles. The summed E-state index contributed by atoms with van der Waals surface area (Å²) in [5.74, 6) is 0. The van der Waals surface area contributed by atoms with Crippen molar-refractivity contribution in [2.24, 2.45) is 0 Å². The maximum atomic E-state index is 11.5. The van der Waals surface area contributed by atoms with Gasteiger partial charge < -0.3 is 9.79 Å². The maximum absolute atomic E-state index is 11.5. The second-order valence-corrected chi connectivity index (χ2v) is 8.69. The zero-order valence-electron chi connectivity index (χ0n) is 13.9. The van der Waals surface area contributed by atoms with Gasteiger partial charge in [0.25, 0.3) is 0 Å². The normalized spacial score (nSPS) is 11.5. The van der Waals surface area contributed by atoms with Crippen LogP contribution in [0.2, 0.25) is 0 Å². The van der Waals surface area contributed by atoms with Crippen LogP contribution in [0.15, 0.2) is 73.1 Å². The summed E-state index contributed by atoms with van der Waals surface area (Å²) in [6, 6.07) is 18.1. The van der Waals surface area contributed by atoms with Gasteiger partial charge in [-0.1, -0.05) is 12.1 Å². The molecule has 4 heterocycles. The Bertz CT molecular complexity index is 1070. The Morgan fingerprint density at radius 1 is 0.778 bits per heavy atom. The molecule has 2 N–H and O–H groups in total. The number of thiophene rings is 1. The van der Waals surface area contributed by atoms with Crippen molar-refractivity contribution in [1.82, 2.24) is 15.0 Å². The van der Waals surface area contributed by atoms with Gasteiger partial charge in [0, 0.05) is 17.3 Å².